The van der Waals surface area contributed by atoms with Crippen molar-refractivity contribution in [3.63, 3.8) is 0 Å². The van der Waals surface area contributed by atoms with E-state index < -0.39 is 0 Å². The second-order valence-electron chi connectivity index (χ2n) is 6.23. The molecule has 0 aliphatic carbocycles. The van der Waals surface area contributed by atoms with E-state index in [4.69, 9.17) is 4.74 Å². The molecule has 6 nitrogen and oxygen atoms in total. The maximum atomic E-state index is 12.1. The van der Waals surface area contributed by atoms with Gasteiger partial charge in [-0.25, -0.2) is 5.43 Å². The summed E-state index contributed by atoms with van der Waals surface area (Å²) in [6.07, 6.45) is 3.28. The number of anilines is 1. The zero-order valence-corrected chi connectivity index (χ0v) is 16.2. The van der Waals surface area contributed by atoms with Crippen LogP contribution in [0.1, 0.15) is 29.5 Å². The molecule has 0 fully saturated rings. The Hall–Kier alpha value is -3.41. The van der Waals surface area contributed by atoms with E-state index in [2.05, 4.69) is 22.4 Å². The number of amides is 2. The molecular formula is C22H25N3O3. The molecule has 0 aliphatic rings. The van der Waals surface area contributed by atoms with Crippen molar-refractivity contribution in [2.24, 2.45) is 5.10 Å². The molecule has 0 spiro atoms. The third-order valence-corrected chi connectivity index (χ3v) is 4.13. The van der Waals surface area contributed by atoms with Crippen LogP contribution < -0.4 is 15.5 Å². The molecule has 0 radical (unpaired) electrons. The predicted octanol–water partition coefficient (Wildman–Crippen LogP) is 3.74. The number of hydrogen-bond donors (Lipinski definition) is 2. The monoisotopic (exact) mass is 379 g/mol. The van der Waals surface area contributed by atoms with Gasteiger partial charge in [0, 0.05) is 24.1 Å². The number of benzene rings is 2. The van der Waals surface area contributed by atoms with Gasteiger partial charge in [-0.15, -0.1) is 0 Å². The van der Waals surface area contributed by atoms with Crippen LogP contribution in [-0.4, -0.2) is 24.6 Å². The van der Waals surface area contributed by atoms with Gasteiger partial charge in [-0.2, -0.15) is 5.10 Å². The lowest BCUT2D eigenvalue weighted by Gasteiger charge is -2.10. The number of ether oxygens (including phenoxy) is 1. The Kier molecular flexibility index (Phi) is 7.96. The number of hydrogen-bond acceptors (Lipinski definition) is 4. The Labute approximate surface area is 165 Å². The highest BCUT2D eigenvalue weighted by Gasteiger charge is 2.09. The minimum Gasteiger partial charge on any atom is -0.489 e. The van der Waals surface area contributed by atoms with Crippen LogP contribution in [0.4, 0.5) is 5.69 Å². The third kappa shape index (κ3) is 6.39. The van der Waals surface area contributed by atoms with E-state index in [1.807, 2.05) is 56.3 Å². The fourth-order valence-corrected chi connectivity index (χ4v) is 2.42. The molecular weight excluding hydrogens is 354 g/mol. The fraction of sp³-hybridized carbons (Fsp3) is 0.227. The molecule has 0 bridgehead atoms. The number of nitrogens with one attached hydrogen (secondary N) is 2. The van der Waals surface area contributed by atoms with Gasteiger partial charge in [0.1, 0.15) is 12.4 Å². The van der Waals surface area contributed by atoms with Crippen molar-refractivity contribution in [2.45, 2.75) is 26.7 Å². The van der Waals surface area contributed by atoms with Crippen molar-refractivity contribution in [1.82, 2.24) is 5.43 Å². The highest BCUT2D eigenvalue weighted by Crippen LogP contribution is 2.18. The molecule has 0 saturated heterocycles. The molecule has 2 amide bonds. The van der Waals surface area contributed by atoms with Gasteiger partial charge in [-0.1, -0.05) is 36.9 Å². The molecule has 0 saturated carbocycles. The molecule has 0 aromatic heterocycles. The summed E-state index contributed by atoms with van der Waals surface area (Å²) >= 11 is 0. The Balaban J connectivity index is 1.81. The largest absolute Gasteiger partial charge is 0.489 e. The van der Waals surface area contributed by atoms with Crippen LogP contribution in [-0.2, 0) is 9.59 Å². The highest BCUT2D eigenvalue weighted by atomic mass is 16.5. The number of hydrazone groups is 1. The summed E-state index contributed by atoms with van der Waals surface area (Å²) in [7, 11) is 0. The second-order valence-corrected chi connectivity index (χ2v) is 6.23. The number of rotatable bonds is 9. The van der Waals surface area contributed by atoms with Gasteiger partial charge >= 0.3 is 0 Å². The van der Waals surface area contributed by atoms with E-state index in [0.717, 1.165) is 22.4 Å². The van der Waals surface area contributed by atoms with Gasteiger partial charge in [0.05, 0.1) is 6.21 Å². The van der Waals surface area contributed by atoms with Crippen molar-refractivity contribution >= 4 is 23.7 Å². The first-order valence-electron chi connectivity index (χ1n) is 9.02. The van der Waals surface area contributed by atoms with E-state index >= 15 is 0 Å². The minimum absolute atomic E-state index is 0.0443. The fourth-order valence-electron chi connectivity index (χ4n) is 2.42. The zero-order valence-electron chi connectivity index (χ0n) is 16.2. The molecule has 2 aromatic rings. The van der Waals surface area contributed by atoms with E-state index in [1.54, 1.807) is 6.08 Å². The maximum Gasteiger partial charge on any atom is 0.240 e. The van der Waals surface area contributed by atoms with Crippen molar-refractivity contribution in [3.05, 3.63) is 71.8 Å². The first-order chi connectivity index (χ1) is 13.5. The molecule has 0 aliphatic heterocycles. The summed E-state index contributed by atoms with van der Waals surface area (Å²) in [4.78, 5) is 24.0. The topological polar surface area (TPSA) is 79.8 Å². The third-order valence-electron chi connectivity index (χ3n) is 4.13. The lowest BCUT2D eigenvalue weighted by atomic mass is 10.1. The average Bonchev–Trinajstić information content (AvgIpc) is 2.69. The standard InChI is InChI=1S/C22H25N3O3/c1-4-14-28-20-11-6-5-9-18(20)15-23-25-22(27)13-12-21(26)24-19-10-7-8-16(2)17(19)3/h4-11,15H,1,12-14H2,2-3H3,(H,24,26)(H,25,27). The van der Waals surface area contributed by atoms with Gasteiger partial charge in [-0.3, -0.25) is 9.59 Å². The van der Waals surface area contributed by atoms with Crippen LogP contribution in [0.3, 0.4) is 0 Å². The molecule has 2 rings (SSSR count). The van der Waals surface area contributed by atoms with Gasteiger partial charge in [0.2, 0.25) is 11.8 Å². The molecule has 0 heterocycles. The summed E-state index contributed by atoms with van der Waals surface area (Å²) in [5.74, 6) is 0.0983. The Morgan fingerprint density at radius 1 is 1.07 bits per heavy atom. The molecule has 2 aromatic carbocycles. The van der Waals surface area contributed by atoms with Gasteiger partial charge < -0.3 is 10.1 Å². The van der Waals surface area contributed by atoms with Crippen LogP contribution in [0.2, 0.25) is 0 Å². The number of carbonyl (C=O) groups is 2. The zero-order chi connectivity index (χ0) is 20.4. The molecule has 28 heavy (non-hydrogen) atoms. The lowest BCUT2D eigenvalue weighted by molar-refractivity contribution is -0.124. The lowest BCUT2D eigenvalue weighted by Crippen LogP contribution is -2.21. The van der Waals surface area contributed by atoms with Crippen LogP contribution in [0.5, 0.6) is 5.75 Å². The van der Waals surface area contributed by atoms with Crippen LogP contribution in [0.15, 0.2) is 60.2 Å². The second kappa shape index (κ2) is 10.7. The maximum absolute atomic E-state index is 12.1. The quantitative estimate of drug-likeness (QED) is 0.396. The SMILES string of the molecule is C=CCOc1ccccc1C=NNC(=O)CCC(=O)Nc1cccc(C)c1C. The van der Waals surface area contributed by atoms with E-state index in [-0.39, 0.29) is 24.7 Å². The first kappa shape index (κ1) is 20.9. The van der Waals surface area contributed by atoms with Gasteiger partial charge in [0.15, 0.2) is 0 Å². The van der Waals surface area contributed by atoms with Crippen LogP contribution in [0.25, 0.3) is 0 Å². The normalized spacial score (nSPS) is 10.5. The minimum atomic E-state index is -0.336. The van der Waals surface area contributed by atoms with Crippen molar-refractivity contribution in [2.75, 3.05) is 11.9 Å². The number of nitrogens with zero attached hydrogens (tertiary/aromatic N) is 1. The van der Waals surface area contributed by atoms with E-state index in [1.165, 1.54) is 6.21 Å². The van der Waals surface area contributed by atoms with E-state index in [0.29, 0.717) is 12.4 Å². The summed E-state index contributed by atoms with van der Waals surface area (Å²) in [6, 6.07) is 13.0. The predicted molar refractivity (Wildman–Crippen MR) is 112 cm³/mol. The van der Waals surface area contributed by atoms with Gasteiger partial charge in [0.25, 0.3) is 0 Å². The Morgan fingerprint density at radius 3 is 2.61 bits per heavy atom. The summed E-state index contributed by atoms with van der Waals surface area (Å²) < 4.78 is 5.52. The smallest absolute Gasteiger partial charge is 0.240 e. The van der Waals surface area contributed by atoms with Gasteiger partial charge in [-0.05, 0) is 43.2 Å². The van der Waals surface area contributed by atoms with Crippen molar-refractivity contribution < 1.29 is 14.3 Å². The average molecular weight is 379 g/mol. The summed E-state index contributed by atoms with van der Waals surface area (Å²) in [5, 5.41) is 6.77. The molecule has 6 heteroatoms. The van der Waals surface area contributed by atoms with E-state index in [9.17, 15) is 9.59 Å². The number of para-hydroxylation sites is 1. The molecule has 146 valence electrons. The summed E-state index contributed by atoms with van der Waals surface area (Å²) in [5.41, 5.74) is 6.04. The molecule has 0 atom stereocenters. The first-order valence-corrected chi connectivity index (χ1v) is 9.02. The van der Waals surface area contributed by atoms with Crippen LogP contribution in [0, 0.1) is 13.8 Å². The number of carbonyl (C=O) groups excluding carboxylic acids is 2. The Morgan fingerprint density at radius 2 is 1.82 bits per heavy atom. The molecule has 0 unspecified atom stereocenters. The number of aryl methyl sites for hydroxylation is 1. The van der Waals surface area contributed by atoms with Crippen LogP contribution >= 0.6 is 0 Å². The molecule has 2 N–H and O–H groups in total. The summed E-state index contributed by atoms with van der Waals surface area (Å²) in [6.45, 7) is 7.92. The Bertz CT molecular complexity index is 875. The highest BCUT2D eigenvalue weighted by molar-refractivity contribution is 5.94. The van der Waals surface area contributed by atoms with Crippen molar-refractivity contribution in [3.8, 4) is 5.75 Å². The van der Waals surface area contributed by atoms with Crippen molar-refractivity contribution in [1.29, 1.82) is 0 Å².